The van der Waals surface area contributed by atoms with Crippen molar-refractivity contribution in [3.05, 3.63) is 29.9 Å². The number of nitrogen functional groups attached to an aromatic ring is 1. The Bertz CT molecular complexity index is 779. The molecule has 0 saturated carbocycles. The molecule has 0 radical (unpaired) electrons. The molecule has 0 aromatic carbocycles. The van der Waals surface area contributed by atoms with Crippen LogP contribution in [0.25, 0.3) is 11.2 Å². The Balaban J connectivity index is 1.91. The molecule has 142 valence electrons. The molecule has 0 aliphatic carbocycles. The smallest absolute Gasteiger partial charge is 0.152 e. The number of nitrogens with two attached hydrogens (primary N) is 3. The van der Waals surface area contributed by atoms with E-state index in [0.717, 1.165) is 23.2 Å². The molecule has 2 atom stereocenters. The second-order valence-electron chi connectivity index (χ2n) is 7.13. The summed E-state index contributed by atoms with van der Waals surface area (Å²) in [7, 11) is 1.73. The molecule has 1 aliphatic rings. The number of hydrazine groups is 1. The lowest BCUT2D eigenvalue weighted by atomic mass is 10.1. The number of nitrogens with one attached hydrogen (secondary N) is 1. The van der Waals surface area contributed by atoms with Gasteiger partial charge in [-0.1, -0.05) is 26.2 Å². The number of nitrogens with zero attached hydrogens (tertiary/aromatic N) is 4. The SMILES string of the molecule is CCCCC[C@@H]1CC[C@H](c2cc(/C(N)=C/N(C)N)c3c(N)ncnn23)N1. The van der Waals surface area contributed by atoms with Gasteiger partial charge in [0.25, 0.3) is 0 Å². The van der Waals surface area contributed by atoms with E-state index in [1.165, 1.54) is 43.4 Å². The van der Waals surface area contributed by atoms with Gasteiger partial charge < -0.3 is 21.8 Å². The predicted octanol–water partition coefficient (Wildman–Crippen LogP) is 1.75. The summed E-state index contributed by atoms with van der Waals surface area (Å²) >= 11 is 0. The minimum atomic E-state index is 0.237. The summed E-state index contributed by atoms with van der Waals surface area (Å²) in [5.41, 5.74) is 15.5. The van der Waals surface area contributed by atoms with Crippen molar-refractivity contribution in [2.75, 3.05) is 12.8 Å². The van der Waals surface area contributed by atoms with Gasteiger partial charge in [0.1, 0.15) is 11.8 Å². The molecule has 8 nitrogen and oxygen atoms in total. The standard InChI is InChI=1S/C18H30N8/c1-3-4-5-6-12-7-8-15(24-12)16-9-13(14(19)10-25(2)21)17-18(20)22-11-23-26(16)17/h9-12,15,24H,3-8,19,21H2,1-2H3,(H2,20,22,23)/b14-10-/t12-,15-/m1/s1. The average molecular weight is 358 g/mol. The third-order valence-corrected chi connectivity index (χ3v) is 5.02. The number of rotatable bonds is 7. The maximum absolute atomic E-state index is 6.25. The highest BCUT2D eigenvalue weighted by atomic mass is 15.4. The quantitative estimate of drug-likeness (QED) is 0.338. The summed E-state index contributed by atoms with van der Waals surface area (Å²) in [4.78, 5) is 4.13. The van der Waals surface area contributed by atoms with Crippen LogP contribution in [0.15, 0.2) is 18.6 Å². The van der Waals surface area contributed by atoms with Gasteiger partial charge in [-0.2, -0.15) is 5.10 Å². The topological polar surface area (TPSA) is 124 Å². The van der Waals surface area contributed by atoms with Gasteiger partial charge in [-0.15, -0.1) is 0 Å². The Labute approximate surface area is 154 Å². The first-order valence-electron chi connectivity index (χ1n) is 9.34. The molecule has 0 bridgehead atoms. The highest BCUT2D eigenvalue weighted by Gasteiger charge is 2.28. The first-order chi connectivity index (χ1) is 12.5. The number of fused-ring (bicyclic) bond motifs is 1. The Hall–Kier alpha value is -2.32. The first kappa shape index (κ1) is 18.5. The average Bonchev–Trinajstić information content (AvgIpc) is 3.19. The van der Waals surface area contributed by atoms with E-state index in [9.17, 15) is 0 Å². The second-order valence-corrected chi connectivity index (χ2v) is 7.13. The van der Waals surface area contributed by atoms with Gasteiger partial charge in [-0.25, -0.2) is 15.3 Å². The Morgan fingerprint density at radius 1 is 1.42 bits per heavy atom. The number of anilines is 1. The van der Waals surface area contributed by atoms with Crippen LogP contribution in [0.1, 0.15) is 62.7 Å². The van der Waals surface area contributed by atoms with Gasteiger partial charge in [-0.3, -0.25) is 0 Å². The van der Waals surface area contributed by atoms with E-state index in [1.807, 2.05) is 4.52 Å². The van der Waals surface area contributed by atoms with Crippen LogP contribution in [-0.2, 0) is 0 Å². The Morgan fingerprint density at radius 2 is 2.23 bits per heavy atom. The van der Waals surface area contributed by atoms with Crippen molar-refractivity contribution in [2.24, 2.45) is 11.6 Å². The van der Waals surface area contributed by atoms with Crippen LogP contribution in [0.3, 0.4) is 0 Å². The number of unbranched alkanes of at least 4 members (excludes halogenated alkanes) is 2. The molecule has 0 amide bonds. The Morgan fingerprint density at radius 3 is 2.96 bits per heavy atom. The fraction of sp³-hybridized carbons (Fsp3) is 0.556. The van der Waals surface area contributed by atoms with E-state index in [4.69, 9.17) is 17.3 Å². The van der Waals surface area contributed by atoms with Gasteiger partial charge in [0.2, 0.25) is 0 Å². The van der Waals surface area contributed by atoms with Crippen LogP contribution in [-0.4, -0.2) is 32.7 Å². The molecule has 2 aromatic heterocycles. The zero-order valence-corrected chi connectivity index (χ0v) is 15.7. The van der Waals surface area contributed by atoms with Crippen molar-refractivity contribution in [3.63, 3.8) is 0 Å². The molecule has 7 N–H and O–H groups in total. The fourth-order valence-electron chi connectivity index (χ4n) is 3.77. The monoisotopic (exact) mass is 358 g/mol. The van der Waals surface area contributed by atoms with Gasteiger partial charge in [0.15, 0.2) is 5.82 Å². The summed E-state index contributed by atoms with van der Waals surface area (Å²) in [6.45, 7) is 2.24. The maximum Gasteiger partial charge on any atom is 0.152 e. The van der Waals surface area contributed by atoms with Crippen molar-refractivity contribution in [3.8, 4) is 0 Å². The van der Waals surface area contributed by atoms with Crippen molar-refractivity contribution in [2.45, 2.75) is 57.5 Å². The van der Waals surface area contributed by atoms with Crippen LogP contribution < -0.4 is 22.6 Å². The van der Waals surface area contributed by atoms with Crippen LogP contribution >= 0.6 is 0 Å². The minimum Gasteiger partial charge on any atom is -0.397 e. The van der Waals surface area contributed by atoms with Gasteiger partial charge in [-0.05, 0) is 25.3 Å². The maximum atomic E-state index is 6.25. The largest absolute Gasteiger partial charge is 0.397 e. The number of hydrogen-bond donors (Lipinski definition) is 4. The zero-order chi connectivity index (χ0) is 18.7. The molecule has 3 rings (SSSR count). The molecule has 3 heterocycles. The van der Waals surface area contributed by atoms with E-state index in [-0.39, 0.29) is 6.04 Å². The van der Waals surface area contributed by atoms with Crippen LogP contribution in [0, 0.1) is 0 Å². The summed E-state index contributed by atoms with van der Waals surface area (Å²) in [5.74, 6) is 6.12. The van der Waals surface area contributed by atoms with Crippen LogP contribution in [0.4, 0.5) is 5.82 Å². The molecule has 1 saturated heterocycles. The van der Waals surface area contributed by atoms with Crippen molar-refractivity contribution >= 4 is 17.0 Å². The lowest BCUT2D eigenvalue weighted by molar-refractivity contribution is 0.486. The zero-order valence-electron chi connectivity index (χ0n) is 15.7. The Kier molecular flexibility index (Phi) is 5.63. The molecule has 1 aliphatic heterocycles. The molecule has 0 spiro atoms. The van der Waals surface area contributed by atoms with E-state index < -0.39 is 0 Å². The summed E-state index contributed by atoms with van der Waals surface area (Å²) in [6.07, 6.45) is 10.4. The highest BCUT2D eigenvalue weighted by Crippen LogP contribution is 2.33. The molecule has 0 unspecified atom stereocenters. The van der Waals surface area contributed by atoms with Gasteiger partial charge >= 0.3 is 0 Å². The van der Waals surface area contributed by atoms with Crippen molar-refractivity contribution in [1.29, 1.82) is 0 Å². The van der Waals surface area contributed by atoms with E-state index in [2.05, 4.69) is 28.4 Å². The molecule has 1 fully saturated rings. The van der Waals surface area contributed by atoms with Gasteiger partial charge in [0.05, 0.1) is 11.4 Å². The third-order valence-electron chi connectivity index (χ3n) is 5.02. The predicted molar refractivity (Wildman–Crippen MR) is 105 cm³/mol. The van der Waals surface area contributed by atoms with Gasteiger partial charge in [0, 0.05) is 30.9 Å². The fourth-order valence-corrected chi connectivity index (χ4v) is 3.77. The minimum absolute atomic E-state index is 0.237. The first-order valence-corrected chi connectivity index (χ1v) is 9.34. The lowest BCUT2D eigenvalue weighted by Crippen LogP contribution is -2.25. The van der Waals surface area contributed by atoms with E-state index in [0.29, 0.717) is 17.6 Å². The van der Waals surface area contributed by atoms with Crippen LogP contribution in [0.5, 0.6) is 0 Å². The van der Waals surface area contributed by atoms with Crippen molar-refractivity contribution in [1.82, 2.24) is 24.9 Å². The highest BCUT2D eigenvalue weighted by molar-refractivity contribution is 5.84. The molecule has 26 heavy (non-hydrogen) atoms. The molecule has 8 heteroatoms. The number of aromatic nitrogens is 3. The third kappa shape index (κ3) is 3.76. The van der Waals surface area contributed by atoms with Crippen molar-refractivity contribution < 1.29 is 0 Å². The summed E-state index contributed by atoms with van der Waals surface area (Å²) in [5, 5.41) is 9.61. The summed E-state index contributed by atoms with van der Waals surface area (Å²) < 4.78 is 1.86. The normalized spacial score (nSPS) is 20.8. The number of hydrogen-bond acceptors (Lipinski definition) is 7. The second kappa shape index (κ2) is 7.92. The lowest BCUT2D eigenvalue weighted by Gasteiger charge is -2.14. The molecular weight excluding hydrogens is 328 g/mol. The van der Waals surface area contributed by atoms with E-state index in [1.54, 1.807) is 13.2 Å². The van der Waals surface area contributed by atoms with E-state index >= 15 is 0 Å². The van der Waals surface area contributed by atoms with Crippen LogP contribution in [0.2, 0.25) is 0 Å². The molecular formula is C18H30N8. The molecule has 2 aromatic rings. The summed E-state index contributed by atoms with van der Waals surface area (Å²) in [6, 6.07) is 2.85.